The molecule has 0 aliphatic carbocycles. The molecule has 0 aliphatic heterocycles. The summed E-state index contributed by atoms with van der Waals surface area (Å²) in [6.07, 6.45) is 39.2. The van der Waals surface area contributed by atoms with Gasteiger partial charge in [-0.15, -0.1) is 0 Å². The number of allylic oxidation sites excluding steroid dienone is 4. The first-order valence-corrected chi connectivity index (χ1v) is 14.3. The van der Waals surface area contributed by atoms with Crippen LogP contribution in [0, 0.1) is 0 Å². The van der Waals surface area contributed by atoms with E-state index in [1.165, 1.54) is 128 Å². The SMILES string of the molecule is CCCCC/C=C\C/C=C\CCCCCCCCCC(O)CCCCCCCCCC. The Bertz CT molecular complexity index is 371. The van der Waals surface area contributed by atoms with E-state index in [4.69, 9.17) is 0 Å². The summed E-state index contributed by atoms with van der Waals surface area (Å²) < 4.78 is 0. The van der Waals surface area contributed by atoms with Gasteiger partial charge in [0.05, 0.1) is 6.10 Å². The molecule has 0 radical (unpaired) electrons. The maximum atomic E-state index is 10.1. The Labute approximate surface area is 197 Å². The minimum Gasteiger partial charge on any atom is -0.393 e. The molecule has 0 heterocycles. The molecule has 0 amide bonds. The van der Waals surface area contributed by atoms with Crippen LogP contribution in [0.25, 0.3) is 0 Å². The fourth-order valence-corrected chi connectivity index (χ4v) is 4.20. The Kier molecular flexibility index (Phi) is 27.0. The molecule has 0 rings (SSSR count). The maximum Gasteiger partial charge on any atom is 0.0540 e. The number of aliphatic hydroxyl groups excluding tert-OH is 1. The number of unbranched alkanes of at least 4 members (excludes halogenated alkanes) is 17. The van der Waals surface area contributed by atoms with Crippen LogP contribution in [-0.2, 0) is 0 Å². The topological polar surface area (TPSA) is 20.2 Å². The summed E-state index contributed by atoms with van der Waals surface area (Å²) >= 11 is 0. The first-order chi connectivity index (χ1) is 15.3. The molecule has 1 heteroatoms. The third-order valence-electron chi connectivity index (χ3n) is 6.38. The Balaban J connectivity index is 3.22. The van der Waals surface area contributed by atoms with Crippen LogP contribution in [0.3, 0.4) is 0 Å². The van der Waals surface area contributed by atoms with E-state index < -0.39 is 0 Å². The zero-order valence-corrected chi connectivity index (χ0v) is 21.6. The normalized spacial score (nSPS) is 13.0. The smallest absolute Gasteiger partial charge is 0.0540 e. The summed E-state index contributed by atoms with van der Waals surface area (Å²) in [6.45, 7) is 4.54. The van der Waals surface area contributed by atoms with Gasteiger partial charge in [0.2, 0.25) is 0 Å². The van der Waals surface area contributed by atoms with Crippen molar-refractivity contribution < 1.29 is 5.11 Å². The van der Waals surface area contributed by atoms with Crippen LogP contribution in [-0.4, -0.2) is 11.2 Å². The fraction of sp³-hybridized carbons (Fsp3) is 0.867. The van der Waals surface area contributed by atoms with Crippen molar-refractivity contribution in [2.45, 2.75) is 168 Å². The van der Waals surface area contributed by atoms with Crippen LogP contribution in [0.5, 0.6) is 0 Å². The Morgan fingerprint density at radius 2 is 0.806 bits per heavy atom. The lowest BCUT2D eigenvalue weighted by molar-refractivity contribution is 0.147. The van der Waals surface area contributed by atoms with Gasteiger partial charge in [0, 0.05) is 0 Å². The highest BCUT2D eigenvalue weighted by Gasteiger charge is 2.03. The lowest BCUT2D eigenvalue weighted by Crippen LogP contribution is -2.05. The molecule has 0 aromatic rings. The summed E-state index contributed by atoms with van der Waals surface area (Å²) in [5.74, 6) is 0. The first kappa shape index (κ1) is 30.4. The van der Waals surface area contributed by atoms with Gasteiger partial charge in [-0.25, -0.2) is 0 Å². The molecular weight excluding hydrogens is 376 g/mol. The summed E-state index contributed by atoms with van der Waals surface area (Å²) in [5, 5.41) is 10.1. The average molecular weight is 435 g/mol. The maximum absolute atomic E-state index is 10.1. The lowest BCUT2D eigenvalue weighted by Gasteiger charge is -2.10. The van der Waals surface area contributed by atoms with Crippen LogP contribution in [0.4, 0.5) is 0 Å². The molecule has 0 aromatic heterocycles. The van der Waals surface area contributed by atoms with Crippen LogP contribution in [0.2, 0.25) is 0 Å². The Morgan fingerprint density at radius 3 is 1.29 bits per heavy atom. The van der Waals surface area contributed by atoms with Gasteiger partial charge in [-0.3, -0.25) is 0 Å². The fourth-order valence-electron chi connectivity index (χ4n) is 4.20. The van der Waals surface area contributed by atoms with Gasteiger partial charge in [0.25, 0.3) is 0 Å². The standard InChI is InChI=1S/C30H58O/c1-3-5-7-9-11-13-14-15-16-17-18-19-20-21-23-25-27-29-30(31)28-26-24-22-12-10-8-6-4-2/h11,13,15-16,30-31H,3-10,12,14,17-29H2,1-2H3/b13-11-,16-15-. The predicted octanol–water partition coefficient (Wildman–Crippen LogP) is 10.5. The van der Waals surface area contributed by atoms with Gasteiger partial charge in [-0.05, 0) is 44.9 Å². The second-order valence-corrected chi connectivity index (χ2v) is 9.64. The number of aliphatic hydroxyl groups is 1. The Hall–Kier alpha value is -0.560. The third-order valence-corrected chi connectivity index (χ3v) is 6.38. The van der Waals surface area contributed by atoms with Gasteiger partial charge < -0.3 is 5.11 Å². The summed E-state index contributed by atoms with van der Waals surface area (Å²) in [4.78, 5) is 0. The lowest BCUT2D eigenvalue weighted by atomic mass is 10.0. The molecule has 0 spiro atoms. The van der Waals surface area contributed by atoms with Crippen molar-refractivity contribution >= 4 is 0 Å². The van der Waals surface area contributed by atoms with Crippen molar-refractivity contribution in [3.63, 3.8) is 0 Å². The molecule has 0 aliphatic rings. The minimum absolute atomic E-state index is 0.0435. The molecule has 31 heavy (non-hydrogen) atoms. The van der Waals surface area contributed by atoms with Crippen LogP contribution in [0.15, 0.2) is 24.3 Å². The zero-order valence-electron chi connectivity index (χ0n) is 21.6. The van der Waals surface area contributed by atoms with E-state index in [-0.39, 0.29) is 6.10 Å². The van der Waals surface area contributed by atoms with E-state index >= 15 is 0 Å². The predicted molar refractivity (Wildman–Crippen MR) is 142 cm³/mol. The molecular formula is C30H58O. The highest BCUT2D eigenvalue weighted by Crippen LogP contribution is 2.15. The van der Waals surface area contributed by atoms with Crippen LogP contribution in [0.1, 0.15) is 162 Å². The van der Waals surface area contributed by atoms with E-state index in [0.29, 0.717) is 0 Å². The largest absolute Gasteiger partial charge is 0.393 e. The van der Waals surface area contributed by atoms with Crippen LogP contribution >= 0.6 is 0 Å². The van der Waals surface area contributed by atoms with E-state index in [1.807, 2.05) is 0 Å². The summed E-state index contributed by atoms with van der Waals surface area (Å²) in [5.41, 5.74) is 0. The number of hydrogen-bond acceptors (Lipinski definition) is 1. The molecule has 1 unspecified atom stereocenters. The molecule has 0 saturated heterocycles. The van der Waals surface area contributed by atoms with Crippen molar-refractivity contribution in [2.75, 3.05) is 0 Å². The van der Waals surface area contributed by atoms with Crippen molar-refractivity contribution in [2.24, 2.45) is 0 Å². The number of hydrogen-bond donors (Lipinski definition) is 1. The molecule has 0 aromatic carbocycles. The van der Waals surface area contributed by atoms with Crippen molar-refractivity contribution in [3.05, 3.63) is 24.3 Å². The van der Waals surface area contributed by atoms with E-state index in [9.17, 15) is 5.11 Å². The van der Waals surface area contributed by atoms with Gasteiger partial charge in [0.15, 0.2) is 0 Å². The second kappa shape index (κ2) is 27.5. The van der Waals surface area contributed by atoms with Gasteiger partial charge >= 0.3 is 0 Å². The van der Waals surface area contributed by atoms with Crippen LogP contribution < -0.4 is 0 Å². The molecule has 1 atom stereocenters. The quantitative estimate of drug-likeness (QED) is 0.112. The molecule has 184 valence electrons. The van der Waals surface area contributed by atoms with Gasteiger partial charge in [-0.2, -0.15) is 0 Å². The molecule has 1 nitrogen and oxygen atoms in total. The van der Waals surface area contributed by atoms with Crippen molar-refractivity contribution in [1.82, 2.24) is 0 Å². The second-order valence-electron chi connectivity index (χ2n) is 9.64. The summed E-state index contributed by atoms with van der Waals surface area (Å²) in [6, 6.07) is 0. The third kappa shape index (κ3) is 27.4. The number of rotatable bonds is 25. The monoisotopic (exact) mass is 434 g/mol. The van der Waals surface area contributed by atoms with E-state index in [2.05, 4.69) is 38.2 Å². The first-order valence-electron chi connectivity index (χ1n) is 14.3. The molecule has 0 saturated carbocycles. The van der Waals surface area contributed by atoms with E-state index in [0.717, 1.165) is 19.3 Å². The van der Waals surface area contributed by atoms with Crippen molar-refractivity contribution in [1.29, 1.82) is 0 Å². The van der Waals surface area contributed by atoms with E-state index in [1.54, 1.807) is 0 Å². The summed E-state index contributed by atoms with van der Waals surface area (Å²) in [7, 11) is 0. The Morgan fingerprint density at radius 1 is 0.452 bits per heavy atom. The van der Waals surface area contributed by atoms with Gasteiger partial charge in [-0.1, -0.05) is 141 Å². The van der Waals surface area contributed by atoms with Gasteiger partial charge in [0.1, 0.15) is 0 Å². The minimum atomic E-state index is -0.0435. The average Bonchev–Trinajstić information content (AvgIpc) is 2.77. The zero-order chi connectivity index (χ0) is 22.7. The molecule has 0 fully saturated rings. The highest BCUT2D eigenvalue weighted by molar-refractivity contribution is 4.92. The molecule has 1 N–H and O–H groups in total. The van der Waals surface area contributed by atoms with Crippen molar-refractivity contribution in [3.8, 4) is 0 Å². The molecule has 0 bridgehead atoms. The highest BCUT2D eigenvalue weighted by atomic mass is 16.3.